The average Bonchev–Trinajstić information content (AvgIpc) is 1.07. The zero-order valence-corrected chi connectivity index (χ0v) is 53.5. The maximum Gasteiger partial charge on any atom is 0.268 e. The van der Waals surface area contributed by atoms with Crippen LogP contribution in [0.4, 0.5) is 33.2 Å². The van der Waals surface area contributed by atoms with Gasteiger partial charge in [0.2, 0.25) is 0 Å². The Hall–Kier alpha value is -13.3. The van der Waals surface area contributed by atoms with Gasteiger partial charge in [0.25, 0.3) is 16.7 Å². The van der Waals surface area contributed by atoms with Crippen LogP contribution in [-0.2, 0) is 19.6 Å². The largest absolute Gasteiger partial charge is 0.383 e. The summed E-state index contributed by atoms with van der Waals surface area (Å²) < 4.78 is 26.4. The van der Waals surface area contributed by atoms with Crippen LogP contribution in [0.5, 0.6) is 0 Å². The van der Waals surface area contributed by atoms with Crippen LogP contribution in [0.15, 0.2) is 162 Å². The molecule has 0 saturated heterocycles. The fourth-order valence-electron chi connectivity index (χ4n) is 13.0. The average molecular weight is 1310 g/mol. The quantitative estimate of drug-likeness (QED) is 0.0860. The Morgan fingerprint density at radius 2 is 1.10 bits per heavy atom. The van der Waals surface area contributed by atoms with E-state index in [0.717, 1.165) is 29.7 Å². The van der Waals surface area contributed by atoms with Crippen LogP contribution in [0.25, 0.3) is 94.7 Å². The third-order valence-corrected chi connectivity index (χ3v) is 18.1. The highest BCUT2D eigenvalue weighted by molar-refractivity contribution is 5.98. The Morgan fingerprint density at radius 3 is 1.75 bits per heavy atom. The molecule has 17 rings (SSSR count). The number of aryl methyl sites for hydroxylation is 4. The summed E-state index contributed by atoms with van der Waals surface area (Å²) in [5, 5.41) is 19.1. The summed E-state index contributed by atoms with van der Waals surface area (Å²) in [7, 11) is 0. The van der Waals surface area contributed by atoms with Crippen molar-refractivity contribution in [2.75, 3.05) is 16.4 Å². The van der Waals surface area contributed by atoms with Crippen molar-refractivity contribution in [3.63, 3.8) is 0 Å². The first-order valence-electron chi connectivity index (χ1n) is 31.6. The first-order valence-corrected chi connectivity index (χ1v) is 31.6. The van der Waals surface area contributed by atoms with E-state index in [2.05, 4.69) is 50.5 Å². The van der Waals surface area contributed by atoms with Crippen molar-refractivity contribution in [2.24, 2.45) is 0 Å². The topological polar surface area (TPSA) is 337 Å². The molecular weight excluding hydrogens is 1260 g/mol. The minimum Gasteiger partial charge on any atom is -0.383 e. The standard InChI is InChI=1S/C70H54FN25O3/c1-35-10-6-7-13-45(35)94-49(87-61-51(68(94)97)36(2)19-24-75-61)29-93-66-55(56(89-93)40-15-16-40)63(78-32-81-66)84-42-17-18-43(71)47(26-42)96-48(86-60-53(70(96)99)38(4)21-23-74-60)28-91-34-83-58-64(79-33-82-67(58)91)85-44-12-8-14-46(39(44)5)95-50(88-62-52(69(95)98)37(3)20-25-76-62)30-92-65-54(59(72)77-31-80-65)57(90-92)41-11-9-22-73-27-41/h6-14,17-27,31-34,40H,15-16,28-30H2,1-5H3,(H2,72,77,80)(H,78,81,84)(H,79,82,85). The number of aromatic nitrogens is 22. The monoisotopic (exact) mass is 1310 g/mol. The second-order valence-corrected chi connectivity index (χ2v) is 24.3. The number of rotatable bonds is 15. The number of halogens is 1. The molecule has 0 amide bonds. The zero-order chi connectivity index (χ0) is 67.5. The minimum absolute atomic E-state index is 0.0333. The fraction of sp³-hybridized carbons (Fsp3) is 0.157. The number of benzene rings is 3. The van der Waals surface area contributed by atoms with Crippen LogP contribution in [0.1, 0.15) is 69.7 Å². The second-order valence-electron chi connectivity index (χ2n) is 24.3. The van der Waals surface area contributed by atoms with Gasteiger partial charge >= 0.3 is 0 Å². The molecule has 1 saturated carbocycles. The predicted molar refractivity (Wildman–Crippen MR) is 369 cm³/mol. The van der Waals surface area contributed by atoms with Gasteiger partial charge in [-0.2, -0.15) is 10.2 Å². The lowest BCUT2D eigenvalue weighted by Gasteiger charge is -2.18. The van der Waals surface area contributed by atoms with E-state index in [1.807, 2.05) is 76.2 Å². The lowest BCUT2D eigenvalue weighted by atomic mass is 10.1. The lowest BCUT2D eigenvalue weighted by molar-refractivity contribution is 0.607. The van der Waals surface area contributed by atoms with E-state index in [1.165, 1.54) is 35.7 Å². The van der Waals surface area contributed by atoms with E-state index in [0.29, 0.717) is 124 Å². The molecule has 13 heterocycles. The van der Waals surface area contributed by atoms with Gasteiger partial charge in [-0.15, -0.1) is 0 Å². The lowest BCUT2D eigenvalue weighted by Crippen LogP contribution is -2.27. The normalized spacial score (nSPS) is 12.5. The van der Waals surface area contributed by atoms with Gasteiger partial charge in [-0.3, -0.25) is 33.1 Å². The molecule has 1 aliphatic rings. The van der Waals surface area contributed by atoms with Crippen LogP contribution in [0.2, 0.25) is 0 Å². The molecule has 4 N–H and O–H groups in total. The highest BCUT2D eigenvalue weighted by Crippen LogP contribution is 2.44. The maximum absolute atomic E-state index is 17.0. The van der Waals surface area contributed by atoms with Gasteiger partial charge in [0.1, 0.15) is 72.7 Å². The minimum atomic E-state index is -0.717. The van der Waals surface area contributed by atoms with Crippen LogP contribution in [0.3, 0.4) is 0 Å². The molecule has 0 aliphatic heterocycles. The van der Waals surface area contributed by atoms with Gasteiger partial charge < -0.3 is 20.9 Å². The summed E-state index contributed by atoms with van der Waals surface area (Å²) in [6.07, 6.45) is 15.6. The molecule has 1 fully saturated rings. The number of imidazole rings is 1. The predicted octanol–water partition coefficient (Wildman–Crippen LogP) is 9.22. The van der Waals surface area contributed by atoms with E-state index in [9.17, 15) is 4.79 Å². The summed E-state index contributed by atoms with van der Waals surface area (Å²) >= 11 is 0. The Kier molecular flexibility index (Phi) is 13.9. The van der Waals surface area contributed by atoms with Crippen LogP contribution < -0.4 is 33.0 Å². The summed E-state index contributed by atoms with van der Waals surface area (Å²) in [5.41, 5.74) is 15.2. The van der Waals surface area contributed by atoms with Gasteiger partial charge in [-0.05, 0) is 142 Å². The maximum atomic E-state index is 17.0. The van der Waals surface area contributed by atoms with Gasteiger partial charge in [-0.25, -0.2) is 78.5 Å². The molecule has 99 heavy (non-hydrogen) atoms. The van der Waals surface area contributed by atoms with Gasteiger partial charge in [-0.1, -0.05) is 24.3 Å². The van der Waals surface area contributed by atoms with Crippen molar-refractivity contribution >= 4 is 95.2 Å². The number of nitrogens with zero attached hydrogens (tertiary/aromatic N) is 22. The van der Waals surface area contributed by atoms with Crippen molar-refractivity contribution in [1.29, 1.82) is 0 Å². The molecular formula is C70H54FN25O3. The second kappa shape index (κ2) is 23.2. The van der Waals surface area contributed by atoms with Gasteiger partial charge in [0, 0.05) is 53.8 Å². The highest BCUT2D eigenvalue weighted by atomic mass is 19.1. The van der Waals surface area contributed by atoms with Crippen LogP contribution in [-0.4, -0.2) is 108 Å². The number of nitrogen functional groups attached to an aromatic ring is 1. The number of anilines is 5. The number of hydrogen-bond donors (Lipinski definition) is 3. The first kappa shape index (κ1) is 59.4. The van der Waals surface area contributed by atoms with Crippen molar-refractivity contribution in [1.82, 2.24) is 108 Å². The molecule has 29 heteroatoms. The molecule has 0 radical (unpaired) electrons. The number of nitrogens with one attached hydrogen (secondary N) is 2. The highest BCUT2D eigenvalue weighted by Gasteiger charge is 2.33. The van der Waals surface area contributed by atoms with Crippen molar-refractivity contribution in [2.45, 2.75) is 73.0 Å². The Labute approximate surface area is 557 Å². The molecule has 13 aromatic heterocycles. The van der Waals surface area contributed by atoms with Gasteiger partial charge in [0.05, 0.1) is 62.6 Å². The molecule has 0 bridgehead atoms. The fourth-order valence-corrected chi connectivity index (χ4v) is 13.0. The van der Waals surface area contributed by atoms with Crippen LogP contribution >= 0.6 is 0 Å². The SMILES string of the molecule is Cc1ccccc1-n1c(Cn2nc(C3CC3)c3c(Nc4ccc(F)c(-n5c(Cn6cnc7c(Nc8cccc(-n9c(Cn%10nc(-c%11cccnc%11)c%11c(N)ncnc%11%10)nc%10nccc(C)c%10c9=O)c8C)ncnc76)nc6nccc(C)c6c5=O)c4)ncnc32)nc2nccc(C)c2c1=O. The molecule has 0 unspecified atom stereocenters. The zero-order valence-electron chi connectivity index (χ0n) is 53.5. The number of pyridine rings is 4. The van der Waals surface area contributed by atoms with Crippen molar-refractivity contribution in [3.05, 3.63) is 235 Å². The van der Waals surface area contributed by atoms with E-state index in [4.69, 9.17) is 45.8 Å². The number of hydrogen-bond acceptors (Lipinski definition) is 22. The van der Waals surface area contributed by atoms with Crippen molar-refractivity contribution < 1.29 is 4.39 Å². The molecule has 0 spiro atoms. The van der Waals surface area contributed by atoms with E-state index < -0.39 is 11.4 Å². The number of nitrogens with two attached hydrogens (primary N) is 1. The Balaban J connectivity index is 0.717. The summed E-state index contributed by atoms with van der Waals surface area (Å²) in [5.74, 6) is 1.12. The first-order chi connectivity index (χ1) is 48.2. The van der Waals surface area contributed by atoms with E-state index >= 15 is 14.0 Å². The Morgan fingerprint density at radius 1 is 0.515 bits per heavy atom. The van der Waals surface area contributed by atoms with E-state index in [1.54, 1.807) is 97.6 Å². The summed E-state index contributed by atoms with van der Waals surface area (Å²) in [6, 6.07) is 26.4. The molecule has 16 aromatic rings. The van der Waals surface area contributed by atoms with Crippen molar-refractivity contribution in [3.8, 4) is 28.3 Å². The summed E-state index contributed by atoms with van der Waals surface area (Å²) in [4.78, 5) is 110. The number of para-hydroxylation sites is 1. The molecule has 3 aromatic carbocycles. The summed E-state index contributed by atoms with van der Waals surface area (Å²) in [6.45, 7) is 9.18. The van der Waals surface area contributed by atoms with Gasteiger partial charge in [0.15, 0.2) is 45.2 Å². The number of fused-ring (bicyclic) bond motifs is 6. The van der Waals surface area contributed by atoms with E-state index in [-0.39, 0.29) is 70.7 Å². The molecule has 0 atom stereocenters. The molecule has 484 valence electrons. The van der Waals surface area contributed by atoms with Crippen LogP contribution in [0, 0.1) is 40.4 Å². The third-order valence-electron chi connectivity index (χ3n) is 18.1. The molecule has 1 aliphatic carbocycles. The third kappa shape index (κ3) is 9.99. The molecule has 28 nitrogen and oxygen atoms in total. The Bertz CT molecular complexity index is 6250. The smallest absolute Gasteiger partial charge is 0.268 e.